The predicted octanol–water partition coefficient (Wildman–Crippen LogP) is 1.41. The molecule has 110 valence electrons. The van der Waals surface area contributed by atoms with Gasteiger partial charge in [-0.2, -0.15) is 5.10 Å². The maximum absolute atomic E-state index is 12.3. The number of aromatic nitrogens is 3. The van der Waals surface area contributed by atoms with E-state index in [2.05, 4.69) is 15.5 Å². The number of rotatable bonds is 3. The van der Waals surface area contributed by atoms with Crippen LogP contribution in [-0.2, 0) is 29.5 Å². The molecule has 0 saturated carbocycles. The van der Waals surface area contributed by atoms with Crippen LogP contribution in [0, 0.1) is 4.77 Å². The number of amides is 1. The highest BCUT2D eigenvalue weighted by Gasteiger charge is 2.27. The highest BCUT2D eigenvalue weighted by molar-refractivity contribution is 7.71. The molecule has 1 aromatic carbocycles. The van der Waals surface area contributed by atoms with Crippen molar-refractivity contribution in [1.82, 2.24) is 20.1 Å². The van der Waals surface area contributed by atoms with Gasteiger partial charge in [-0.15, -0.1) is 0 Å². The van der Waals surface area contributed by atoms with Crippen molar-refractivity contribution >= 4 is 18.1 Å². The molecule has 0 fully saturated rings. The van der Waals surface area contributed by atoms with Crippen LogP contribution in [0.1, 0.15) is 23.1 Å². The molecule has 1 amide bonds. The first-order chi connectivity index (χ1) is 10.2. The average Bonchev–Trinajstić information content (AvgIpc) is 2.84. The Kier molecular flexibility index (Phi) is 3.85. The monoisotopic (exact) mass is 304 g/mol. The molecule has 2 aromatic rings. The van der Waals surface area contributed by atoms with Gasteiger partial charge in [-0.3, -0.25) is 9.89 Å². The van der Waals surface area contributed by atoms with Gasteiger partial charge in [0, 0.05) is 7.05 Å². The van der Waals surface area contributed by atoms with E-state index in [4.69, 9.17) is 17.0 Å². The SMILES string of the molecule is Cn1c(CNC(=O)C2OCCc3ccccc32)n[nH]c1=S. The summed E-state index contributed by atoms with van der Waals surface area (Å²) in [6.07, 6.45) is 0.287. The summed E-state index contributed by atoms with van der Waals surface area (Å²) in [7, 11) is 1.81. The van der Waals surface area contributed by atoms with Crippen LogP contribution in [0.2, 0.25) is 0 Å². The van der Waals surface area contributed by atoms with Gasteiger partial charge in [0.05, 0.1) is 13.2 Å². The van der Waals surface area contributed by atoms with Gasteiger partial charge in [-0.25, -0.2) is 0 Å². The summed E-state index contributed by atoms with van der Waals surface area (Å²) in [5.74, 6) is 0.522. The molecule has 2 N–H and O–H groups in total. The van der Waals surface area contributed by atoms with Crippen molar-refractivity contribution in [1.29, 1.82) is 0 Å². The van der Waals surface area contributed by atoms with Gasteiger partial charge >= 0.3 is 0 Å². The lowest BCUT2D eigenvalue weighted by Gasteiger charge is -2.25. The number of fused-ring (bicyclic) bond motifs is 1. The Morgan fingerprint density at radius 3 is 3.14 bits per heavy atom. The second-order valence-corrected chi connectivity index (χ2v) is 5.31. The Labute approximate surface area is 127 Å². The van der Waals surface area contributed by atoms with Crippen molar-refractivity contribution in [3.63, 3.8) is 0 Å². The number of hydrogen-bond acceptors (Lipinski definition) is 4. The van der Waals surface area contributed by atoms with Crippen molar-refractivity contribution in [3.05, 3.63) is 46.0 Å². The molecule has 1 unspecified atom stereocenters. The number of carbonyl (C=O) groups is 1. The second-order valence-electron chi connectivity index (χ2n) is 4.92. The fourth-order valence-corrected chi connectivity index (χ4v) is 2.56. The largest absolute Gasteiger partial charge is 0.363 e. The van der Waals surface area contributed by atoms with Crippen LogP contribution in [0.3, 0.4) is 0 Å². The van der Waals surface area contributed by atoms with Gasteiger partial charge in [0.25, 0.3) is 5.91 Å². The minimum absolute atomic E-state index is 0.156. The van der Waals surface area contributed by atoms with E-state index in [1.165, 1.54) is 5.56 Å². The summed E-state index contributed by atoms with van der Waals surface area (Å²) in [6.45, 7) is 0.867. The molecule has 2 heterocycles. The summed E-state index contributed by atoms with van der Waals surface area (Å²) in [6, 6.07) is 7.88. The Hall–Kier alpha value is -1.99. The first-order valence-electron chi connectivity index (χ1n) is 6.74. The van der Waals surface area contributed by atoms with Crippen LogP contribution >= 0.6 is 12.2 Å². The standard InChI is InChI=1S/C14H16N4O2S/c1-18-11(16-17-14(18)21)8-15-13(19)12-10-5-3-2-4-9(10)6-7-20-12/h2-5,12H,6-8H2,1H3,(H,15,19)(H,17,21). The average molecular weight is 304 g/mol. The number of H-pyrrole nitrogens is 1. The summed E-state index contributed by atoms with van der Waals surface area (Å²) in [5, 5.41) is 9.61. The number of hydrogen-bond donors (Lipinski definition) is 2. The van der Waals surface area contributed by atoms with Gasteiger partial charge in [0.15, 0.2) is 16.7 Å². The third-order valence-corrected chi connectivity index (χ3v) is 3.99. The number of aromatic amines is 1. The first kappa shape index (κ1) is 14.0. The minimum atomic E-state index is -0.554. The lowest BCUT2D eigenvalue weighted by Crippen LogP contribution is -2.34. The van der Waals surface area contributed by atoms with Gasteiger partial charge < -0.3 is 14.6 Å². The minimum Gasteiger partial charge on any atom is -0.363 e. The van der Waals surface area contributed by atoms with Crippen LogP contribution < -0.4 is 5.32 Å². The van der Waals surface area contributed by atoms with Crippen molar-refractivity contribution in [3.8, 4) is 0 Å². The zero-order chi connectivity index (χ0) is 14.8. The van der Waals surface area contributed by atoms with Crippen LogP contribution in [0.25, 0.3) is 0 Å². The summed E-state index contributed by atoms with van der Waals surface area (Å²) in [4.78, 5) is 12.3. The number of benzene rings is 1. The molecule has 1 aromatic heterocycles. The van der Waals surface area contributed by atoms with Gasteiger partial charge in [0.2, 0.25) is 0 Å². The fraction of sp³-hybridized carbons (Fsp3) is 0.357. The molecule has 3 rings (SSSR count). The smallest absolute Gasteiger partial charge is 0.254 e. The van der Waals surface area contributed by atoms with Crippen LogP contribution in [0.5, 0.6) is 0 Å². The van der Waals surface area contributed by atoms with Crippen LogP contribution in [0.15, 0.2) is 24.3 Å². The van der Waals surface area contributed by atoms with E-state index >= 15 is 0 Å². The van der Waals surface area contributed by atoms with E-state index < -0.39 is 6.10 Å². The van der Waals surface area contributed by atoms with E-state index in [0.717, 1.165) is 12.0 Å². The summed E-state index contributed by atoms with van der Waals surface area (Å²) < 4.78 is 7.88. The molecule has 1 atom stereocenters. The first-order valence-corrected chi connectivity index (χ1v) is 7.15. The molecule has 0 saturated heterocycles. The van der Waals surface area contributed by atoms with Crippen molar-refractivity contribution in [2.45, 2.75) is 19.1 Å². The lowest BCUT2D eigenvalue weighted by molar-refractivity contribution is -0.134. The molecule has 0 spiro atoms. The normalized spacial score (nSPS) is 17.3. The Morgan fingerprint density at radius 2 is 2.38 bits per heavy atom. The molecule has 0 aliphatic carbocycles. The molecular weight excluding hydrogens is 288 g/mol. The summed E-state index contributed by atoms with van der Waals surface area (Å²) in [5.41, 5.74) is 2.11. The number of carbonyl (C=O) groups excluding carboxylic acids is 1. The Morgan fingerprint density at radius 1 is 1.57 bits per heavy atom. The van der Waals surface area contributed by atoms with E-state index in [0.29, 0.717) is 23.7 Å². The van der Waals surface area contributed by atoms with Gasteiger partial charge in [-0.1, -0.05) is 24.3 Å². The quantitative estimate of drug-likeness (QED) is 0.841. The van der Waals surface area contributed by atoms with Crippen molar-refractivity contribution in [2.75, 3.05) is 6.61 Å². The predicted molar refractivity (Wildman–Crippen MR) is 79.1 cm³/mol. The molecule has 6 nitrogen and oxygen atoms in total. The number of nitrogens with one attached hydrogen (secondary N) is 2. The number of ether oxygens (including phenoxy) is 1. The summed E-state index contributed by atoms with van der Waals surface area (Å²) >= 11 is 5.04. The maximum Gasteiger partial charge on any atom is 0.254 e. The van der Waals surface area contributed by atoms with Crippen molar-refractivity contribution < 1.29 is 9.53 Å². The van der Waals surface area contributed by atoms with Crippen LogP contribution in [0.4, 0.5) is 0 Å². The van der Waals surface area contributed by atoms with Crippen molar-refractivity contribution in [2.24, 2.45) is 7.05 Å². The van der Waals surface area contributed by atoms with E-state index in [-0.39, 0.29) is 5.91 Å². The molecule has 1 aliphatic rings. The zero-order valence-electron chi connectivity index (χ0n) is 11.6. The van der Waals surface area contributed by atoms with E-state index in [1.54, 1.807) is 11.6 Å². The number of nitrogens with zero attached hydrogens (tertiary/aromatic N) is 2. The fourth-order valence-electron chi connectivity index (χ4n) is 2.41. The second kappa shape index (κ2) is 5.79. The third kappa shape index (κ3) is 2.74. The highest BCUT2D eigenvalue weighted by Crippen LogP contribution is 2.26. The zero-order valence-corrected chi connectivity index (χ0v) is 12.4. The van der Waals surface area contributed by atoms with Gasteiger partial charge in [-0.05, 0) is 29.8 Å². The maximum atomic E-state index is 12.3. The van der Waals surface area contributed by atoms with Gasteiger partial charge in [0.1, 0.15) is 0 Å². The molecule has 1 aliphatic heterocycles. The Balaban J connectivity index is 1.72. The molecular formula is C14H16N4O2S. The highest BCUT2D eigenvalue weighted by atomic mass is 32.1. The Bertz CT molecular complexity index is 722. The van der Waals surface area contributed by atoms with E-state index in [1.807, 2.05) is 24.3 Å². The molecule has 21 heavy (non-hydrogen) atoms. The lowest BCUT2D eigenvalue weighted by atomic mass is 9.97. The topological polar surface area (TPSA) is 71.9 Å². The van der Waals surface area contributed by atoms with Crippen LogP contribution in [-0.4, -0.2) is 27.3 Å². The molecule has 7 heteroatoms. The third-order valence-electron chi connectivity index (χ3n) is 3.62. The van der Waals surface area contributed by atoms with E-state index in [9.17, 15) is 4.79 Å². The molecule has 0 radical (unpaired) electrons. The molecule has 0 bridgehead atoms.